The summed E-state index contributed by atoms with van der Waals surface area (Å²) in [4.78, 5) is 42.2. The maximum absolute atomic E-state index is 12.7. The topological polar surface area (TPSA) is 73.0 Å². The number of amides is 4. The minimum Gasteiger partial charge on any atom is -0.357 e. The summed E-state index contributed by atoms with van der Waals surface area (Å²) in [5.41, 5.74) is 2.08. The Labute approximate surface area is 160 Å². The van der Waals surface area contributed by atoms with Gasteiger partial charge in [0.25, 0.3) is 0 Å². The molecule has 7 nitrogen and oxygen atoms in total. The molecule has 2 aliphatic heterocycles. The molecular weight excluding hydrogens is 344 g/mol. The number of nitrogens with one attached hydrogen (secondary N) is 1. The molecule has 0 radical (unpaired) electrons. The van der Waals surface area contributed by atoms with Crippen LogP contribution in [0.3, 0.4) is 0 Å². The van der Waals surface area contributed by atoms with Crippen LogP contribution in [-0.4, -0.2) is 66.9 Å². The molecule has 2 saturated heterocycles. The highest BCUT2D eigenvalue weighted by Crippen LogP contribution is 2.24. The van der Waals surface area contributed by atoms with Crippen LogP contribution in [0.15, 0.2) is 24.3 Å². The third kappa shape index (κ3) is 3.91. The number of urea groups is 1. The first-order valence-electron chi connectivity index (χ1n) is 9.60. The van der Waals surface area contributed by atoms with Gasteiger partial charge in [-0.2, -0.15) is 0 Å². The van der Waals surface area contributed by atoms with Gasteiger partial charge in [-0.05, 0) is 36.5 Å². The van der Waals surface area contributed by atoms with Gasteiger partial charge in [0.1, 0.15) is 12.6 Å². The van der Waals surface area contributed by atoms with Crippen LogP contribution < -0.4 is 10.2 Å². The molecule has 146 valence electrons. The normalized spacial score (nSPS) is 19.9. The summed E-state index contributed by atoms with van der Waals surface area (Å²) >= 11 is 0. The Hall–Kier alpha value is -2.57. The summed E-state index contributed by atoms with van der Waals surface area (Å²) in [7, 11) is 1.58. The Balaban J connectivity index is 1.63. The minimum atomic E-state index is -0.417. The number of likely N-dealkylation sites (N-methyl/N-ethyl adjacent to an activating group) is 1. The lowest BCUT2D eigenvalue weighted by Crippen LogP contribution is -2.48. The first kappa shape index (κ1) is 19.2. The van der Waals surface area contributed by atoms with E-state index in [9.17, 15) is 14.4 Å². The van der Waals surface area contributed by atoms with Crippen molar-refractivity contribution in [3.8, 4) is 0 Å². The SMILES string of the molecule is CNC(=O)C1CCCN1C(=O)CN1CCN(c2ccc(C(C)C)cc2)C1=O. The molecule has 3 rings (SSSR count). The molecular formula is C20H28N4O3. The number of rotatable bonds is 5. The quantitative estimate of drug-likeness (QED) is 0.856. The van der Waals surface area contributed by atoms with Gasteiger partial charge in [0.05, 0.1) is 0 Å². The predicted molar refractivity (Wildman–Crippen MR) is 104 cm³/mol. The van der Waals surface area contributed by atoms with E-state index < -0.39 is 6.04 Å². The zero-order valence-corrected chi connectivity index (χ0v) is 16.3. The van der Waals surface area contributed by atoms with E-state index in [2.05, 4.69) is 19.2 Å². The van der Waals surface area contributed by atoms with Gasteiger partial charge >= 0.3 is 6.03 Å². The Morgan fingerprint density at radius 2 is 1.85 bits per heavy atom. The lowest BCUT2D eigenvalue weighted by molar-refractivity contribution is -0.138. The van der Waals surface area contributed by atoms with Crippen LogP contribution in [0.4, 0.5) is 10.5 Å². The molecule has 1 N–H and O–H groups in total. The van der Waals surface area contributed by atoms with Crippen molar-refractivity contribution in [1.29, 1.82) is 0 Å². The van der Waals surface area contributed by atoms with Crippen molar-refractivity contribution >= 4 is 23.5 Å². The van der Waals surface area contributed by atoms with Crippen LogP contribution in [0.2, 0.25) is 0 Å². The number of likely N-dealkylation sites (tertiary alicyclic amines) is 1. The molecule has 1 aromatic carbocycles. The smallest absolute Gasteiger partial charge is 0.325 e. The van der Waals surface area contributed by atoms with Gasteiger partial charge in [-0.15, -0.1) is 0 Å². The van der Waals surface area contributed by atoms with Gasteiger partial charge in [-0.1, -0.05) is 26.0 Å². The zero-order chi connectivity index (χ0) is 19.6. The average Bonchev–Trinajstić information content (AvgIpc) is 3.29. The molecule has 0 saturated carbocycles. The molecule has 2 aliphatic rings. The fraction of sp³-hybridized carbons (Fsp3) is 0.550. The Kier molecular flexibility index (Phi) is 5.68. The van der Waals surface area contributed by atoms with Gasteiger partial charge in [0, 0.05) is 32.4 Å². The molecule has 0 aliphatic carbocycles. The van der Waals surface area contributed by atoms with Gasteiger partial charge < -0.3 is 15.1 Å². The first-order chi connectivity index (χ1) is 12.9. The maximum atomic E-state index is 12.7. The van der Waals surface area contributed by atoms with Gasteiger partial charge in [0.2, 0.25) is 11.8 Å². The number of nitrogens with zero attached hydrogens (tertiary/aromatic N) is 3. The largest absolute Gasteiger partial charge is 0.357 e. The molecule has 2 heterocycles. The fourth-order valence-electron chi connectivity index (χ4n) is 3.77. The molecule has 1 atom stereocenters. The highest BCUT2D eigenvalue weighted by Gasteiger charge is 2.37. The summed E-state index contributed by atoms with van der Waals surface area (Å²) in [6.45, 7) is 5.93. The van der Waals surface area contributed by atoms with Gasteiger partial charge in [-0.3, -0.25) is 14.5 Å². The second-order valence-corrected chi connectivity index (χ2v) is 7.46. The predicted octanol–water partition coefficient (Wildman–Crippen LogP) is 1.79. The van der Waals surface area contributed by atoms with Crippen LogP contribution in [0.1, 0.15) is 38.2 Å². The molecule has 2 fully saturated rings. The second kappa shape index (κ2) is 7.98. The molecule has 1 unspecified atom stereocenters. The van der Waals surface area contributed by atoms with E-state index in [-0.39, 0.29) is 24.4 Å². The Morgan fingerprint density at radius 1 is 1.15 bits per heavy atom. The highest BCUT2D eigenvalue weighted by atomic mass is 16.2. The van der Waals surface area contributed by atoms with E-state index in [0.717, 1.165) is 12.1 Å². The lowest BCUT2D eigenvalue weighted by Gasteiger charge is -2.26. The summed E-state index contributed by atoms with van der Waals surface area (Å²) in [5, 5.41) is 2.61. The average molecular weight is 372 g/mol. The van der Waals surface area contributed by atoms with Crippen molar-refractivity contribution in [2.45, 2.75) is 38.6 Å². The number of hydrogen-bond donors (Lipinski definition) is 1. The van der Waals surface area contributed by atoms with Crippen LogP contribution in [-0.2, 0) is 9.59 Å². The number of benzene rings is 1. The summed E-state index contributed by atoms with van der Waals surface area (Å²) in [5.74, 6) is 0.142. The van der Waals surface area contributed by atoms with E-state index in [4.69, 9.17) is 0 Å². The second-order valence-electron chi connectivity index (χ2n) is 7.46. The van der Waals surface area contributed by atoms with Crippen molar-refractivity contribution in [2.75, 3.05) is 38.1 Å². The molecule has 27 heavy (non-hydrogen) atoms. The van der Waals surface area contributed by atoms with E-state index in [0.29, 0.717) is 32.0 Å². The van der Waals surface area contributed by atoms with Gasteiger partial charge in [0.15, 0.2) is 0 Å². The van der Waals surface area contributed by atoms with E-state index in [1.165, 1.54) is 5.56 Å². The molecule has 4 amide bonds. The van der Waals surface area contributed by atoms with Crippen LogP contribution >= 0.6 is 0 Å². The third-order valence-corrected chi connectivity index (χ3v) is 5.41. The summed E-state index contributed by atoms with van der Waals surface area (Å²) in [6.07, 6.45) is 1.49. The highest BCUT2D eigenvalue weighted by molar-refractivity contribution is 5.97. The number of hydrogen-bond acceptors (Lipinski definition) is 3. The monoisotopic (exact) mass is 372 g/mol. The van der Waals surface area contributed by atoms with Crippen molar-refractivity contribution in [3.05, 3.63) is 29.8 Å². The molecule has 0 spiro atoms. The van der Waals surface area contributed by atoms with Crippen molar-refractivity contribution in [2.24, 2.45) is 0 Å². The van der Waals surface area contributed by atoms with Gasteiger partial charge in [-0.25, -0.2) is 4.79 Å². The summed E-state index contributed by atoms with van der Waals surface area (Å²) < 4.78 is 0. The molecule has 0 aromatic heterocycles. The Bertz CT molecular complexity index is 716. The van der Waals surface area contributed by atoms with Crippen LogP contribution in [0.5, 0.6) is 0 Å². The van der Waals surface area contributed by atoms with E-state index in [1.54, 1.807) is 21.7 Å². The van der Waals surface area contributed by atoms with Crippen molar-refractivity contribution in [3.63, 3.8) is 0 Å². The number of carbonyl (C=O) groups excluding carboxylic acids is 3. The molecule has 1 aromatic rings. The standard InChI is InChI=1S/C20H28N4O3/c1-14(2)15-6-8-16(9-7-15)23-12-11-22(20(23)27)13-18(25)24-10-4-5-17(24)19(26)21-3/h6-9,14,17H,4-5,10-13H2,1-3H3,(H,21,26). The molecule has 7 heteroatoms. The lowest BCUT2D eigenvalue weighted by atomic mass is 10.0. The van der Waals surface area contributed by atoms with Crippen LogP contribution in [0.25, 0.3) is 0 Å². The fourth-order valence-corrected chi connectivity index (χ4v) is 3.77. The summed E-state index contributed by atoms with van der Waals surface area (Å²) in [6, 6.07) is 7.43. The van der Waals surface area contributed by atoms with Crippen LogP contribution in [0, 0.1) is 0 Å². The van der Waals surface area contributed by atoms with Crippen molar-refractivity contribution < 1.29 is 14.4 Å². The van der Waals surface area contributed by atoms with E-state index >= 15 is 0 Å². The number of carbonyl (C=O) groups is 3. The van der Waals surface area contributed by atoms with Crippen molar-refractivity contribution in [1.82, 2.24) is 15.1 Å². The maximum Gasteiger partial charge on any atom is 0.325 e. The number of anilines is 1. The third-order valence-electron chi connectivity index (χ3n) is 5.41. The molecule has 0 bridgehead atoms. The Morgan fingerprint density at radius 3 is 2.48 bits per heavy atom. The minimum absolute atomic E-state index is 0.0207. The first-order valence-corrected chi connectivity index (χ1v) is 9.60. The zero-order valence-electron chi connectivity index (χ0n) is 16.3. The van der Waals surface area contributed by atoms with E-state index in [1.807, 2.05) is 24.3 Å².